The van der Waals surface area contributed by atoms with Gasteiger partial charge in [-0.3, -0.25) is 28.8 Å². The monoisotopic (exact) mass is 792 g/mol. The number of hydrogen-bond donors (Lipinski definition) is 0. The van der Waals surface area contributed by atoms with Gasteiger partial charge in [0.05, 0.1) is 0 Å². The molecule has 0 aromatic heterocycles. The minimum atomic E-state index is -0.470. The van der Waals surface area contributed by atoms with Crippen molar-refractivity contribution in [2.45, 2.75) is 187 Å². The smallest absolute Gasteiger partial charge is 0.311 e. The van der Waals surface area contributed by atoms with Gasteiger partial charge in [0.25, 0.3) is 0 Å². The Bertz CT molecular complexity index is 1470. The summed E-state index contributed by atoms with van der Waals surface area (Å²) in [6.45, 7) is 4.41. The second-order valence-corrected chi connectivity index (χ2v) is 14.9. The molecule has 57 heavy (non-hydrogen) atoms. The molecule has 0 radical (unpaired) electrons. The maximum Gasteiger partial charge on any atom is 0.311 e. The summed E-state index contributed by atoms with van der Waals surface area (Å²) < 4.78 is 21.4. The van der Waals surface area contributed by atoms with Gasteiger partial charge in [0.2, 0.25) is 10.9 Å². The van der Waals surface area contributed by atoms with Gasteiger partial charge >= 0.3 is 23.9 Å². The molecule has 0 aliphatic heterocycles. The molecule has 0 aliphatic carbocycles. The van der Waals surface area contributed by atoms with Crippen molar-refractivity contribution >= 4 is 23.9 Å². The molecule has 0 N–H and O–H groups in total. The topological polar surface area (TPSA) is 139 Å². The van der Waals surface area contributed by atoms with Gasteiger partial charge in [0.1, 0.15) is 11.5 Å². The van der Waals surface area contributed by atoms with Crippen LogP contribution in [0.15, 0.2) is 58.1 Å². The van der Waals surface area contributed by atoms with Gasteiger partial charge in [-0.1, -0.05) is 136 Å². The highest BCUT2D eigenvalue weighted by atomic mass is 16.5. The number of carbonyl (C=O) groups is 4. The number of hydrogen-bond acceptors (Lipinski definition) is 10. The van der Waals surface area contributed by atoms with Crippen molar-refractivity contribution in [2.75, 3.05) is 0 Å². The molecule has 2 aromatic rings. The predicted molar refractivity (Wildman–Crippen MR) is 224 cm³/mol. The van der Waals surface area contributed by atoms with E-state index < -0.39 is 34.7 Å². The average molecular weight is 793 g/mol. The van der Waals surface area contributed by atoms with Gasteiger partial charge in [-0.2, -0.15) is 0 Å². The normalized spacial score (nSPS) is 10.8. The van der Waals surface area contributed by atoms with Crippen molar-refractivity contribution in [1.29, 1.82) is 0 Å². The molecule has 10 heteroatoms. The van der Waals surface area contributed by atoms with Crippen molar-refractivity contribution in [2.24, 2.45) is 0 Å². The molecule has 0 saturated heterocycles. The summed E-state index contributed by atoms with van der Waals surface area (Å²) in [5, 5.41) is 0. The first-order valence-electron chi connectivity index (χ1n) is 21.8. The maximum atomic E-state index is 12.4. The zero-order valence-electron chi connectivity index (χ0n) is 34.8. The quantitative estimate of drug-likeness (QED) is 0.0519. The van der Waals surface area contributed by atoms with Crippen molar-refractivity contribution < 1.29 is 38.1 Å². The van der Waals surface area contributed by atoms with E-state index in [9.17, 15) is 28.8 Å². The van der Waals surface area contributed by atoms with Crippen LogP contribution < -0.4 is 29.8 Å². The Hall–Kier alpha value is -4.34. The highest BCUT2D eigenvalue weighted by Crippen LogP contribution is 2.18. The van der Waals surface area contributed by atoms with Crippen LogP contribution in [0.25, 0.3) is 0 Å². The van der Waals surface area contributed by atoms with E-state index >= 15 is 0 Å². The van der Waals surface area contributed by atoms with Gasteiger partial charge in [-0.05, 0) is 74.2 Å². The zero-order valence-corrected chi connectivity index (χ0v) is 34.8. The number of rotatable bonds is 32. The molecule has 0 amide bonds. The van der Waals surface area contributed by atoms with Gasteiger partial charge in [-0.25, -0.2) is 0 Å². The lowest BCUT2D eigenvalue weighted by molar-refractivity contribution is -0.135. The van der Waals surface area contributed by atoms with E-state index in [1.54, 1.807) is 0 Å². The summed E-state index contributed by atoms with van der Waals surface area (Å²) in [4.78, 5) is 74.2. The fourth-order valence-electron chi connectivity index (χ4n) is 6.32. The van der Waals surface area contributed by atoms with E-state index in [4.69, 9.17) is 18.9 Å². The highest BCUT2D eigenvalue weighted by molar-refractivity contribution is 5.74. The average Bonchev–Trinajstić information content (AvgIpc) is 3.47. The van der Waals surface area contributed by atoms with Gasteiger partial charge < -0.3 is 18.9 Å². The van der Waals surface area contributed by atoms with E-state index in [-0.39, 0.29) is 48.7 Å². The third-order valence-corrected chi connectivity index (χ3v) is 9.72. The van der Waals surface area contributed by atoms with E-state index in [2.05, 4.69) is 13.8 Å². The fourth-order valence-corrected chi connectivity index (χ4v) is 6.32. The number of ether oxygens (including phenoxy) is 4. The predicted octanol–water partition coefficient (Wildman–Crippen LogP) is 11.3. The Morgan fingerprint density at radius 2 is 0.579 bits per heavy atom. The zero-order chi connectivity index (χ0) is 41.4. The molecule has 0 atom stereocenters. The number of carbonyl (C=O) groups excluding carboxylic acids is 4. The Kier molecular flexibility index (Phi) is 27.2. The molecular formula is C47H68O10. The molecule has 10 nitrogen and oxygen atoms in total. The minimum absolute atomic E-state index is 0.0945. The SMILES string of the molecule is CCCCCCCCCCCC(=O)Oc1ccc(OC(=O)CCCCCCCC(=O)Oc2ccc(OC(=O)CCCCCCCCCCC)c(=O)cc2)ccc1=O. The molecule has 0 spiro atoms. The molecule has 0 saturated carbocycles. The standard InChI is InChI=1S/C47H68O10/c1-3-5-7-9-11-13-15-18-24-28-46(52)56-42-36-32-38(30-34-40(42)48)54-44(50)26-22-20-17-21-23-27-45(51)55-39-31-35-41(49)43(37-33-39)57-47(53)29-25-19-16-14-12-10-8-6-4-2/h30-37H,3-29H2,1-2H3. The van der Waals surface area contributed by atoms with Crippen LogP contribution in [0.2, 0.25) is 0 Å². The summed E-state index contributed by atoms with van der Waals surface area (Å²) in [6, 6.07) is 10.8. The first kappa shape index (κ1) is 48.8. The van der Waals surface area contributed by atoms with Crippen molar-refractivity contribution in [1.82, 2.24) is 0 Å². The Balaban J connectivity index is 1.58. The van der Waals surface area contributed by atoms with Crippen LogP contribution >= 0.6 is 0 Å². The van der Waals surface area contributed by atoms with Crippen molar-refractivity contribution in [3.8, 4) is 23.0 Å². The number of esters is 4. The molecule has 2 aromatic carbocycles. The fraction of sp³-hybridized carbons (Fsp3) is 0.617. The minimum Gasteiger partial charge on any atom is -0.427 e. The van der Waals surface area contributed by atoms with Crippen LogP contribution in [-0.4, -0.2) is 23.9 Å². The summed E-state index contributed by atoms with van der Waals surface area (Å²) in [5.41, 5.74) is -0.940. The summed E-state index contributed by atoms with van der Waals surface area (Å²) in [6.07, 6.45) is 24.9. The van der Waals surface area contributed by atoms with E-state index in [0.717, 1.165) is 57.8 Å². The van der Waals surface area contributed by atoms with Crippen LogP contribution in [0.3, 0.4) is 0 Å². The first-order chi connectivity index (χ1) is 27.7. The van der Waals surface area contributed by atoms with Crippen LogP contribution in [0.1, 0.15) is 187 Å². The van der Waals surface area contributed by atoms with Crippen molar-refractivity contribution in [3.63, 3.8) is 0 Å². The number of unbranched alkanes of at least 4 members (excludes halogenated alkanes) is 20. The second-order valence-electron chi connectivity index (χ2n) is 14.9. The Morgan fingerprint density at radius 3 is 0.877 bits per heavy atom. The molecule has 0 aliphatic rings. The first-order valence-corrected chi connectivity index (χ1v) is 21.8. The maximum absolute atomic E-state index is 12.4. The molecule has 0 heterocycles. The lowest BCUT2D eigenvalue weighted by Gasteiger charge is -2.04. The second kappa shape index (κ2) is 31.7. The lowest BCUT2D eigenvalue weighted by Crippen LogP contribution is -2.12. The molecule has 2 rings (SSSR count). The molecule has 0 fully saturated rings. The summed E-state index contributed by atoms with van der Waals surface area (Å²) >= 11 is 0. The highest BCUT2D eigenvalue weighted by Gasteiger charge is 2.11. The van der Waals surface area contributed by atoms with Crippen LogP contribution in [0, 0.1) is 0 Å². The van der Waals surface area contributed by atoms with E-state index in [0.29, 0.717) is 12.8 Å². The van der Waals surface area contributed by atoms with Crippen LogP contribution in [0.5, 0.6) is 23.0 Å². The lowest BCUT2D eigenvalue weighted by atomic mass is 10.1. The van der Waals surface area contributed by atoms with Gasteiger partial charge in [-0.15, -0.1) is 0 Å². The Morgan fingerprint density at radius 1 is 0.333 bits per heavy atom. The van der Waals surface area contributed by atoms with Crippen LogP contribution in [0.4, 0.5) is 0 Å². The Labute approximate surface area is 340 Å². The molecular weight excluding hydrogens is 725 g/mol. The third-order valence-electron chi connectivity index (χ3n) is 9.72. The van der Waals surface area contributed by atoms with E-state index in [1.165, 1.54) is 126 Å². The van der Waals surface area contributed by atoms with Crippen molar-refractivity contribution in [3.05, 3.63) is 69.0 Å². The molecule has 0 bridgehead atoms. The molecule has 316 valence electrons. The summed E-state index contributed by atoms with van der Waals surface area (Å²) in [7, 11) is 0. The van der Waals surface area contributed by atoms with Crippen LogP contribution in [-0.2, 0) is 19.2 Å². The summed E-state index contributed by atoms with van der Waals surface area (Å²) in [5.74, 6) is -1.57. The molecule has 0 unspecified atom stereocenters. The third kappa shape index (κ3) is 24.8. The largest absolute Gasteiger partial charge is 0.427 e. The van der Waals surface area contributed by atoms with E-state index in [1.807, 2.05) is 0 Å². The van der Waals surface area contributed by atoms with Gasteiger partial charge in [0, 0.05) is 25.7 Å². The van der Waals surface area contributed by atoms with Gasteiger partial charge in [0.15, 0.2) is 11.5 Å².